The van der Waals surface area contributed by atoms with E-state index < -0.39 is 5.91 Å². The average molecular weight is 313 g/mol. The Kier molecular flexibility index (Phi) is 3.87. The van der Waals surface area contributed by atoms with Crippen LogP contribution in [0.3, 0.4) is 0 Å². The Morgan fingerprint density at radius 2 is 2.18 bits per heavy atom. The van der Waals surface area contributed by atoms with Gasteiger partial charge in [0, 0.05) is 16.7 Å². The number of hydrogen-bond acceptors (Lipinski definition) is 4. The van der Waals surface area contributed by atoms with Gasteiger partial charge in [-0.15, -0.1) is 0 Å². The molecule has 0 bridgehead atoms. The summed E-state index contributed by atoms with van der Waals surface area (Å²) in [7, 11) is 0. The molecule has 3 rings (SSSR count). The molecular weight excluding hydrogens is 298 g/mol. The maximum atomic E-state index is 11.4. The molecule has 0 spiro atoms. The van der Waals surface area contributed by atoms with Crippen LogP contribution in [0, 0.1) is 6.92 Å². The van der Waals surface area contributed by atoms with Gasteiger partial charge in [0.25, 0.3) is 5.91 Å². The highest BCUT2D eigenvalue weighted by Gasteiger charge is 2.12. The van der Waals surface area contributed by atoms with Crippen molar-refractivity contribution in [3.63, 3.8) is 0 Å². The first-order valence-corrected chi connectivity index (χ1v) is 7.70. The van der Waals surface area contributed by atoms with Crippen LogP contribution in [-0.2, 0) is 0 Å². The van der Waals surface area contributed by atoms with Crippen molar-refractivity contribution >= 4 is 23.2 Å². The summed E-state index contributed by atoms with van der Waals surface area (Å²) in [6, 6.07) is 9.90. The Hall–Kier alpha value is -2.31. The van der Waals surface area contributed by atoms with Gasteiger partial charge in [-0.1, -0.05) is 23.9 Å². The van der Waals surface area contributed by atoms with E-state index in [-0.39, 0.29) is 5.94 Å². The highest BCUT2D eigenvalue weighted by atomic mass is 32.2. The van der Waals surface area contributed by atoms with Crippen LogP contribution in [0.5, 0.6) is 0 Å². The van der Waals surface area contributed by atoms with Crippen molar-refractivity contribution in [2.45, 2.75) is 11.8 Å². The number of fused-ring (bicyclic) bond motifs is 1. The fourth-order valence-electron chi connectivity index (χ4n) is 2.43. The monoisotopic (exact) mass is 313 g/mol. The molecular formula is C16H15N3O2S. The number of primary amides is 1. The van der Waals surface area contributed by atoms with E-state index in [0.29, 0.717) is 5.56 Å². The minimum atomic E-state index is -0.475. The van der Waals surface area contributed by atoms with Gasteiger partial charge >= 0.3 is 0 Å². The van der Waals surface area contributed by atoms with Crippen LogP contribution in [-0.4, -0.2) is 26.6 Å². The summed E-state index contributed by atoms with van der Waals surface area (Å²) < 4.78 is 1.74. The number of benzene rings is 1. The van der Waals surface area contributed by atoms with E-state index in [1.807, 2.05) is 43.5 Å². The topological polar surface area (TPSA) is 80.6 Å². The first-order valence-electron chi connectivity index (χ1n) is 6.72. The van der Waals surface area contributed by atoms with Gasteiger partial charge in [-0.05, 0) is 36.2 Å². The summed E-state index contributed by atoms with van der Waals surface area (Å²) in [4.78, 5) is 12.4. The first-order chi connectivity index (χ1) is 10.6. The van der Waals surface area contributed by atoms with Crippen LogP contribution in [0.4, 0.5) is 0 Å². The van der Waals surface area contributed by atoms with E-state index in [0.717, 1.165) is 27.1 Å². The Balaban J connectivity index is 2.11. The van der Waals surface area contributed by atoms with Crippen molar-refractivity contribution in [2.75, 3.05) is 5.94 Å². The number of rotatable bonds is 4. The van der Waals surface area contributed by atoms with Crippen LogP contribution >= 0.6 is 11.8 Å². The average Bonchev–Trinajstić information content (AvgIpc) is 2.93. The smallest absolute Gasteiger partial charge is 0.250 e. The summed E-state index contributed by atoms with van der Waals surface area (Å²) in [6.45, 7) is 1.86. The van der Waals surface area contributed by atoms with Gasteiger partial charge in [-0.25, -0.2) is 4.52 Å². The third-order valence-electron chi connectivity index (χ3n) is 3.56. The number of aromatic nitrogens is 2. The molecule has 0 unspecified atom stereocenters. The zero-order valence-electron chi connectivity index (χ0n) is 12.0. The molecule has 112 valence electrons. The van der Waals surface area contributed by atoms with Crippen LogP contribution in [0.1, 0.15) is 15.9 Å². The highest BCUT2D eigenvalue weighted by Crippen LogP contribution is 2.28. The van der Waals surface area contributed by atoms with Gasteiger partial charge < -0.3 is 10.8 Å². The first kappa shape index (κ1) is 14.6. The predicted molar refractivity (Wildman–Crippen MR) is 86.8 cm³/mol. The molecule has 1 amide bonds. The molecule has 0 atom stereocenters. The second kappa shape index (κ2) is 5.82. The molecule has 2 heterocycles. The van der Waals surface area contributed by atoms with Crippen molar-refractivity contribution in [2.24, 2.45) is 5.73 Å². The fraction of sp³-hybridized carbons (Fsp3) is 0.125. The molecule has 0 aliphatic heterocycles. The number of carbonyl (C=O) groups excluding carboxylic acids is 1. The predicted octanol–water partition coefficient (Wildman–Crippen LogP) is 2.45. The number of amides is 1. The normalized spacial score (nSPS) is 11.0. The second-order valence-corrected chi connectivity index (χ2v) is 5.93. The summed E-state index contributed by atoms with van der Waals surface area (Å²) >= 11 is 1.37. The zero-order chi connectivity index (χ0) is 15.7. The molecule has 0 fully saturated rings. The molecule has 0 aliphatic rings. The molecule has 6 heteroatoms. The van der Waals surface area contributed by atoms with Gasteiger partial charge in [-0.3, -0.25) is 4.79 Å². The van der Waals surface area contributed by atoms with Gasteiger partial charge in [0.2, 0.25) is 0 Å². The molecule has 0 aliphatic carbocycles. The van der Waals surface area contributed by atoms with E-state index >= 15 is 0 Å². The molecule has 22 heavy (non-hydrogen) atoms. The third kappa shape index (κ3) is 2.58. The Bertz CT molecular complexity index is 858. The number of carbonyl (C=O) groups is 1. The maximum Gasteiger partial charge on any atom is 0.250 e. The molecule has 1 aromatic carbocycles. The van der Waals surface area contributed by atoms with E-state index in [1.54, 1.807) is 4.52 Å². The van der Waals surface area contributed by atoms with Gasteiger partial charge in [0.15, 0.2) is 0 Å². The summed E-state index contributed by atoms with van der Waals surface area (Å²) in [5.41, 5.74) is 9.49. The lowest BCUT2D eigenvalue weighted by atomic mass is 10.1. The van der Waals surface area contributed by atoms with Crippen molar-refractivity contribution < 1.29 is 9.90 Å². The standard InChI is InChI=1S/C16H15N3O2S/c1-10-14(16(17)21)7-18-19-8-12(6-15(10)19)11-3-2-4-13(5-11)22-9-20/h2-8,20H,9H2,1H3,(H2,17,21). The molecule has 5 nitrogen and oxygen atoms in total. The summed E-state index contributed by atoms with van der Waals surface area (Å²) in [6.07, 6.45) is 3.41. The van der Waals surface area contributed by atoms with Crippen LogP contribution in [0.25, 0.3) is 16.6 Å². The molecule has 0 saturated carbocycles. The van der Waals surface area contributed by atoms with Crippen molar-refractivity contribution in [1.82, 2.24) is 9.61 Å². The maximum absolute atomic E-state index is 11.4. The molecule has 0 radical (unpaired) electrons. The van der Waals surface area contributed by atoms with Crippen LogP contribution in [0.15, 0.2) is 47.6 Å². The van der Waals surface area contributed by atoms with E-state index in [4.69, 9.17) is 10.8 Å². The van der Waals surface area contributed by atoms with E-state index in [2.05, 4.69) is 5.10 Å². The van der Waals surface area contributed by atoms with Crippen LogP contribution < -0.4 is 5.73 Å². The fourth-order valence-corrected chi connectivity index (χ4v) is 2.96. The number of nitrogens with zero attached hydrogens (tertiary/aromatic N) is 2. The number of aryl methyl sites for hydroxylation is 1. The van der Waals surface area contributed by atoms with Crippen molar-refractivity contribution in [1.29, 1.82) is 0 Å². The lowest BCUT2D eigenvalue weighted by Crippen LogP contribution is -2.14. The Morgan fingerprint density at radius 1 is 1.36 bits per heavy atom. The summed E-state index contributed by atoms with van der Waals surface area (Å²) in [5.74, 6) is -0.430. The second-order valence-electron chi connectivity index (χ2n) is 4.91. The molecule has 0 saturated heterocycles. The molecule has 3 aromatic rings. The number of aliphatic hydroxyl groups excluding tert-OH is 1. The number of nitrogens with two attached hydrogens (primary N) is 1. The largest absolute Gasteiger partial charge is 0.385 e. The third-order valence-corrected chi connectivity index (χ3v) is 4.28. The zero-order valence-corrected chi connectivity index (χ0v) is 12.8. The number of hydrogen-bond donors (Lipinski definition) is 2. The number of aliphatic hydroxyl groups is 1. The van der Waals surface area contributed by atoms with Gasteiger partial charge in [0.05, 0.1) is 23.2 Å². The van der Waals surface area contributed by atoms with Crippen molar-refractivity contribution in [3.05, 3.63) is 53.9 Å². The lowest BCUT2D eigenvalue weighted by Gasteiger charge is -2.02. The van der Waals surface area contributed by atoms with E-state index in [9.17, 15) is 4.79 Å². The minimum Gasteiger partial charge on any atom is -0.385 e. The SMILES string of the molecule is Cc1c(C(N)=O)cnn2cc(-c3cccc(SCO)c3)cc12. The van der Waals surface area contributed by atoms with Gasteiger partial charge in [0.1, 0.15) is 0 Å². The highest BCUT2D eigenvalue weighted by molar-refractivity contribution is 7.99. The quantitative estimate of drug-likeness (QED) is 0.573. The summed E-state index contributed by atoms with van der Waals surface area (Å²) in [5, 5.41) is 13.3. The van der Waals surface area contributed by atoms with E-state index in [1.165, 1.54) is 18.0 Å². The van der Waals surface area contributed by atoms with Crippen LogP contribution in [0.2, 0.25) is 0 Å². The molecule has 2 aromatic heterocycles. The van der Waals surface area contributed by atoms with Gasteiger partial charge in [-0.2, -0.15) is 5.10 Å². The van der Waals surface area contributed by atoms with Crippen molar-refractivity contribution in [3.8, 4) is 11.1 Å². The minimum absolute atomic E-state index is 0.0455. The lowest BCUT2D eigenvalue weighted by molar-refractivity contribution is 0.0999. The Morgan fingerprint density at radius 3 is 2.91 bits per heavy atom. The number of thioether (sulfide) groups is 1. The molecule has 3 N–H and O–H groups in total. The Labute approximate surface area is 131 Å².